The molecule has 7 N–H and O–H groups in total. The topological polar surface area (TPSA) is 194 Å². The number of carbonyl (C=O) groups excluding carboxylic acids is 3. The Bertz CT molecular complexity index is 693. The van der Waals surface area contributed by atoms with Crippen molar-refractivity contribution in [2.75, 3.05) is 6.54 Å². The smallest absolute Gasteiger partial charge is 0.326 e. The standard InChI is InChI=1S/C20H34N4O8/c1-4-10(2)15(20(31)32)23-18(29)13(7-8-14(26)27)22-19(30)16(11(3)25)24-17(28)12-6-5-9-21-12/h10-13,15-16,21,25H,4-9H2,1-3H3,(H,22,30)(H,23,29)(H,24,28)(H,26,27)(H,31,32). The van der Waals surface area contributed by atoms with Crippen LogP contribution in [0.4, 0.5) is 0 Å². The van der Waals surface area contributed by atoms with E-state index in [1.807, 2.05) is 0 Å². The zero-order valence-electron chi connectivity index (χ0n) is 18.6. The van der Waals surface area contributed by atoms with Gasteiger partial charge in [-0.3, -0.25) is 19.2 Å². The van der Waals surface area contributed by atoms with Crippen LogP contribution in [0.15, 0.2) is 0 Å². The first-order chi connectivity index (χ1) is 15.0. The number of carbonyl (C=O) groups is 5. The fourth-order valence-corrected chi connectivity index (χ4v) is 3.30. The molecule has 0 aromatic carbocycles. The normalized spacial score (nSPS) is 20.3. The van der Waals surface area contributed by atoms with E-state index in [2.05, 4.69) is 21.3 Å². The minimum absolute atomic E-state index is 0.301. The molecule has 0 aromatic rings. The van der Waals surface area contributed by atoms with Crippen LogP contribution in [-0.2, 0) is 24.0 Å². The van der Waals surface area contributed by atoms with Crippen LogP contribution in [0.1, 0.15) is 52.9 Å². The average Bonchev–Trinajstić information content (AvgIpc) is 3.26. The lowest BCUT2D eigenvalue weighted by molar-refractivity contribution is -0.144. The van der Waals surface area contributed by atoms with Gasteiger partial charge in [0.2, 0.25) is 17.7 Å². The largest absolute Gasteiger partial charge is 0.481 e. The lowest BCUT2D eigenvalue weighted by atomic mass is 9.98. The molecule has 0 aliphatic carbocycles. The first-order valence-electron chi connectivity index (χ1n) is 10.7. The van der Waals surface area contributed by atoms with Crippen molar-refractivity contribution < 1.29 is 39.3 Å². The number of aliphatic carboxylic acids is 2. The monoisotopic (exact) mass is 458 g/mol. The van der Waals surface area contributed by atoms with E-state index < -0.39 is 72.3 Å². The van der Waals surface area contributed by atoms with E-state index in [1.165, 1.54) is 6.92 Å². The van der Waals surface area contributed by atoms with Crippen LogP contribution in [0, 0.1) is 5.92 Å². The fourth-order valence-electron chi connectivity index (χ4n) is 3.30. The fraction of sp³-hybridized carbons (Fsp3) is 0.750. The van der Waals surface area contributed by atoms with E-state index in [0.717, 1.165) is 6.42 Å². The average molecular weight is 459 g/mol. The molecule has 1 heterocycles. The van der Waals surface area contributed by atoms with Crippen molar-refractivity contribution >= 4 is 29.7 Å². The Morgan fingerprint density at radius 1 is 1.00 bits per heavy atom. The molecular formula is C20H34N4O8. The molecule has 1 saturated heterocycles. The maximum atomic E-state index is 12.8. The molecule has 0 spiro atoms. The van der Waals surface area contributed by atoms with Crippen LogP contribution in [-0.4, -0.2) is 81.8 Å². The van der Waals surface area contributed by atoms with Gasteiger partial charge in [0.15, 0.2) is 0 Å². The molecule has 0 aromatic heterocycles. The van der Waals surface area contributed by atoms with Gasteiger partial charge in [-0.1, -0.05) is 20.3 Å². The van der Waals surface area contributed by atoms with Gasteiger partial charge in [0.1, 0.15) is 18.1 Å². The van der Waals surface area contributed by atoms with Gasteiger partial charge in [-0.05, 0) is 38.6 Å². The second-order valence-corrected chi connectivity index (χ2v) is 8.08. The van der Waals surface area contributed by atoms with Crippen LogP contribution < -0.4 is 21.3 Å². The molecule has 0 saturated carbocycles. The van der Waals surface area contributed by atoms with Gasteiger partial charge in [-0.2, -0.15) is 0 Å². The van der Waals surface area contributed by atoms with Gasteiger partial charge in [0.05, 0.1) is 12.1 Å². The molecule has 12 heteroatoms. The highest BCUT2D eigenvalue weighted by atomic mass is 16.4. The van der Waals surface area contributed by atoms with Crippen molar-refractivity contribution in [2.45, 2.75) is 83.1 Å². The van der Waals surface area contributed by atoms with Crippen molar-refractivity contribution in [3.63, 3.8) is 0 Å². The second-order valence-electron chi connectivity index (χ2n) is 8.08. The number of aliphatic hydroxyl groups is 1. The SMILES string of the molecule is CCC(C)C(NC(=O)C(CCC(=O)O)NC(=O)C(NC(=O)C1CCCN1)C(C)O)C(=O)O. The third-order valence-corrected chi connectivity index (χ3v) is 5.50. The maximum Gasteiger partial charge on any atom is 0.326 e. The molecule has 12 nitrogen and oxygen atoms in total. The molecule has 3 amide bonds. The lowest BCUT2D eigenvalue weighted by Crippen LogP contribution is -2.60. The number of amides is 3. The van der Waals surface area contributed by atoms with Gasteiger partial charge < -0.3 is 36.6 Å². The minimum Gasteiger partial charge on any atom is -0.481 e. The van der Waals surface area contributed by atoms with Crippen LogP contribution in [0.2, 0.25) is 0 Å². The summed E-state index contributed by atoms with van der Waals surface area (Å²) in [7, 11) is 0. The molecule has 1 aliphatic rings. The van der Waals surface area contributed by atoms with Gasteiger partial charge in [-0.15, -0.1) is 0 Å². The molecule has 32 heavy (non-hydrogen) atoms. The van der Waals surface area contributed by atoms with Gasteiger partial charge >= 0.3 is 11.9 Å². The van der Waals surface area contributed by atoms with Crippen molar-refractivity contribution in [3.05, 3.63) is 0 Å². The van der Waals surface area contributed by atoms with E-state index in [0.29, 0.717) is 19.4 Å². The summed E-state index contributed by atoms with van der Waals surface area (Å²) < 4.78 is 0. The highest BCUT2D eigenvalue weighted by molar-refractivity contribution is 5.94. The van der Waals surface area contributed by atoms with Gasteiger partial charge in [-0.25, -0.2) is 4.79 Å². The maximum absolute atomic E-state index is 12.8. The number of aliphatic hydroxyl groups excluding tert-OH is 1. The Morgan fingerprint density at radius 3 is 2.12 bits per heavy atom. The Balaban J connectivity index is 2.94. The summed E-state index contributed by atoms with van der Waals surface area (Å²) >= 11 is 0. The van der Waals surface area contributed by atoms with E-state index in [-0.39, 0.29) is 6.42 Å². The summed E-state index contributed by atoms with van der Waals surface area (Å²) in [4.78, 5) is 60.3. The van der Waals surface area contributed by atoms with Crippen LogP contribution >= 0.6 is 0 Å². The molecule has 6 unspecified atom stereocenters. The van der Waals surface area contributed by atoms with E-state index >= 15 is 0 Å². The van der Waals surface area contributed by atoms with E-state index in [4.69, 9.17) is 5.11 Å². The van der Waals surface area contributed by atoms with Crippen molar-refractivity contribution in [1.82, 2.24) is 21.3 Å². The van der Waals surface area contributed by atoms with Crippen molar-refractivity contribution in [2.24, 2.45) is 5.92 Å². The summed E-state index contributed by atoms with van der Waals surface area (Å²) in [6, 6.07) is -4.47. The number of hydrogen-bond acceptors (Lipinski definition) is 7. The van der Waals surface area contributed by atoms with Crippen LogP contribution in [0.5, 0.6) is 0 Å². The summed E-state index contributed by atoms with van der Waals surface area (Å²) in [6.07, 6.45) is -0.218. The highest BCUT2D eigenvalue weighted by Crippen LogP contribution is 2.10. The quantitative estimate of drug-likeness (QED) is 0.173. The first-order valence-corrected chi connectivity index (χ1v) is 10.7. The van der Waals surface area contributed by atoms with Gasteiger partial charge in [0, 0.05) is 6.42 Å². The number of nitrogens with one attached hydrogen (secondary N) is 4. The first kappa shape index (κ1) is 27.3. The number of carboxylic acids is 2. The molecular weight excluding hydrogens is 424 g/mol. The number of rotatable bonds is 13. The van der Waals surface area contributed by atoms with Crippen LogP contribution in [0.25, 0.3) is 0 Å². The predicted molar refractivity (Wildman–Crippen MR) is 112 cm³/mol. The molecule has 182 valence electrons. The number of carboxylic acid groups (broad SMARTS) is 2. The van der Waals surface area contributed by atoms with Gasteiger partial charge in [0.25, 0.3) is 0 Å². The Hall–Kier alpha value is -2.73. The summed E-state index contributed by atoms with van der Waals surface area (Å²) in [5, 5.41) is 38.5. The third kappa shape index (κ3) is 8.42. The Morgan fingerprint density at radius 2 is 1.66 bits per heavy atom. The Kier molecular flexibility index (Phi) is 11.1. The second kappa shape index (κ2) is 13.0. The van der Waals surface area contributed by atoms with Crippen LogP contribution in [0.3, 0.4) is 0 Å². The summed E-state index contributed by atoms with van der Waals surface area (Å²) in [6.45, 7) is 5.34. The summed E-state index contributed by atoms with van der Waals surface area (Å²) in [5.41, 5.74) is 0. The summed E-state index contributed by atoms with van der Waals surface area (Å²) in [5.74, 6) is -5.09. The minimum atomic E-state index is -1.38. The molecule has 1 rings (SSSR count). The third-order valence-electron chi connectivity index (χ3n) is 5.50. The van der Waals surface area contributed by atoms with Crippen molar-refractivity contribution in [1.29, 1.82) is 0 Å². The van der Waals surface area contributed by atoms with E-state index in [9.17, 15) is 34.2 Å². The molecule has 0 radical (unpaired) electrons. The molecule has 1 aliphatic heterocycles. The van der Waals surface area contributed by atoms with Crippen molar-refractivity contribution in [3.8, 4) is 0 Å². The molecule has 6 atom stereocenters. The lowest BCUT2D eigenvalue weighted by Gasteiger charge is -2.27. The van der Waals surface area contributed by atoms with E-state index in [1.54, 1.807) is 13.8 Å². The molecule has 0 bridgehead atoms. The molecule has 1 fully saturated rings. The highest BCUT2D eigenvalue weighted by Gasteiger charge is 2.34. The Labute approximate surface area is 186 Å². The predicted octanol–water partition coefficient (Wildman–Crippen LogP) is -1.43. The zero-order chi connectivity index (χ0) is 24.4. The zero-order valence-corrected chi connectivity index (χ0v) is 18.6. The number of hydrogen-bond donors (Lipinski definition) is 7.